The number of fused-ring (bicyclic) bond motifs is 2. The number of allylic oxidation sites excluding steroid dienone is 1. The minimum atomic E-state index is -0.177. The molecule has 2 aromatic heterocycles. The number of hydrogen-bond acceptors (Lipinski definition) is 5. The Morgan fingerprint density at radius 3 is 2.96 bits per heavy atom. The third-order valence-corrected chi connectivity index (χ3v) is 4.68. The molecule has 0 aliphatic carbocycles. The zero-order chi connectivity index (χ0) is 17.6. The molecule has 1 N–H and O–H groups in total. The second-order valence-corrected chi connectivity index (χ2v) is 6.17. The van der Waals surface area contributed by atoms with Crippen LogP contribution in [0, 0.1) is 0 Å². The van der Waals surface area contributed by atoms with Crippen molar-refractivity contribution in [1.29, 1.82) is 0 Å². The highest BCUT2D eigenvalue weighted by Gasteiger charge is 2.31. The van der Waals surface area contributed by atoms with Crippen LogP contribution in [0.1, 0.15) is 25.6 Å². The normalized spacial score (nSPS) is 17.1. The summed E-state index contributed by atoms with van der Waals surface area (Å²) in [6.07, 6.45) is 1.50. The number of furan rings is 1. The largest absolute Gasteiger partial charge is 0.459 e. The van der Waals surface area contributed by atoms with Gasteiger partial charge in [-0.1, -0.05) is 18.2 Å². The molecule has 7 nitrogen and oxygen atoms in total. The molecule has 1 aliphatic rings. The second-order valence-electron chi connectivity index (χ2n) is 6.17. The number of para-hydroxylation sites is 1. The van der Waals surface area contributed by atoms with Crippen LogP contribution in [0.5, 0.6) is 0 Å². The van der Waals surface area contributed by atoms with Crippen molar-refractivity contribution in [1.82, 2.24) is 20.1 Å². The van der Waals surface area contributed by atoms with Gasteiger partial charge in [0.1, 0.15) is 17.7 Å². The van der Waals surface area contributed by atoms with Gasteiger partial charge in [0.25, 0.3) is 5.91 Å². The lowest BCUT2D eigenvalue weighted by Crippen LogP contribution is -2.36. The Labute approximate surface area is 144 Å². The van der Waals surface area contributed by atoms with E-state index in [1.54, 1.807) is 4.68 Å². The lowest BCUT2D eigenvalue weighted by atomic mass is 10.0. The molecule has 1 amide bonds. The fourth-order valence-corrected chi connectivity index (χ4v) is 3.25. The van der Waals surface area contributed by atoms with Crippen molar-refractivity contribution in [2.24, 2.45) is 0 Å². The highest BCUT2D eigenvalue weighted by molar-refractivity contribution is 5.96. The van der Waals surface area contributed by atoms with Gasteiger partial charge in [0, 0.05) is 18.1 Å². The first-order chi connectivity index (χ1) is 12.1. The number of aromatic nitrogens is 3. The Morgan fingerprint density at radius 2 is 2.16 bits per heavy atom. The molecule has 1 atom stereocenters. The Hall–Kier alpha value is -3.09. The Bertz CT molecular complexity index is 951. The molecule has 1 aromatic carbocycles. The molecular formula is C18H19N5O2. The predicted molar refractivity (Wildman–Crippen MR) is 93.9 cm³/mol. The van der Waals surface area contributed by atoms with E-state index >= 15 is 0 Å². The number of anilines is 1. The van der Waals surface area contributed by atoms with Crippen molar-refractivity contribution < 1.29 is 9.21 Å². The topological polar surface area (TPSA) is 76.2 Å². The summed E-state index contributed by atoms with van der Waals surface area (Å²) in [6.45, 7) is 4.21. The molecule has 0 fully saturated rings. The molecule has 128 valence electrons. The number of benzene rings is 1. The van der Waals surface area contributed by atoms with Crippen molar-refractivity contribution >= 4 is 22.8 Å². The van der Waals surface area contributed by atoms with Crippen LogP contribution >= 0.6 is 0 Å². The molecule has 0 spiro atoms. The number of carbonyl (C=O) groups is 1. The van der Waals surface area contributed by atoms with Crippen molar-refractivity contribution in [3.05, 3.63) is 53.7 Å². The summed E-state index contributed by atoms with van der Waals surface area (Å²) < 4.78 is 7.51. The van der Waals surface area contributed by atoms with Crippen molar-refractivity contribution in [2.45, 2.75) is 26.4 Å². The third kappa shape index (κ3) is 2.48. The van der Waals surface area contributed by atoms with Gasteiger partial charge in [0.05, 0.1) is 18.2 Å². The molecular weight excluding hydrogens is 318 g/mol. The minimum absolute atomic E-state index is 0.126. The van der Waals surface area contributed by atoms with Crippen LogP contribution in [0.25, 0.3) is 11.0 Å². The highest BCUT2D eigenvalue weighted by atomic mass is 16.3. The minimum Gasteiger partial charge on any atom is -0.459 e. The van der Waals surface area contributed by atoms with Gasteiger partial charge >= 0.3 is 0 Å². The fraction of sp³-hybridized carbons (Fsp3) is 0.278. The molecule has 3 heterocycles. The van der Waals surface area contributed by atoms with Crippen LogP contribution in [-0.4, -0.2) is 27.7 Å². The number of carbonyl (C=O) groups excluding carboxylic acids is 1. The number of amides is 1. The van der Waals surface area contributed by atoms with Crippen LogP contribution in [0.2, 0.25) is 0 Å². The van der Waals surface area contributed by atoms with Crippen molar-refractivity contribution in [3.8, 4) is 0 Å². The summed E-state index contributed by atoms with van der Waals surface area (Å²) in [5, 5.41) is 8.22. The fourth-order valence-electron chi connectivity index (χ4n) is 3.25. The lowest BCUT2D eigenvalue weighted by molar-refractivity contribution is -0.118. The number of nitrogens with one attached hydrogen (secondary N) is 1. The van der Waals surface area contributed by atoms with Crippen molar-refractivity contribution in [3.63, 3.8) is 0 Å². The molecule has 1 unspecified atom stereocenters. The van der Waals surface area contributed by atoms with E-state index in [9.17, 15) is 4.79 Å². The standard InChI is InChI=1S/C18H19N5O2/c1-11-16(12(2)23-18(22(11)3)20-10-21-23)17(24)19-9-14-8-13-6-4-5-7-15(13)25-14/h4-8,10,12H,9H2,1-3H3,(H,19,24). The zero-order valence-electron chi connectivity index (χ0n) is 14.4. The van der Waals surface area contributed by atoms with Gasteiger partial charge in [-0.2, -0.15) is 10.1 Å². The molecule has 0 radical (unpaired) electrons. The summed E-state index contributed by atoms with van der Waals surface area (Å²) in [7, 11) is 1.88. The van der Waals surface area contributed by atoms with Crippen LogP contribution in [0.4, 0.5) is 5.95 Å². The predicted octanol–water partition coefficient (Wildman–Crippen LogP) is 2.63. The maximum absolute atomic E-state index is 12.8. The maximum Gasteiger partial charge on any atom is 0.251 e. The van der Waals surface area contributed by atoms with Crippen LogP contribution in [0.3, 0.4) is 0 Å². The first-order valence-corrected chi connectivity index (χ1v) is 8.16. The van der Waals surface area contributed by atoms with Gasteiger partial charge in [-0.25, -0.2) is 4.68 Å². The van der Waals surface area contributed by atoms with Gasteiger partial charge in [-0.15, -0.1) is 0 Å². The van der Waals surface area contributed by atoms with E-state index in [0.29, 0.717) is 12.1 Å². The SMILES string of the molecule is CC1=C(C(=O)NCc2cc3ccccc3o2)C(C)n2ncnc2N1C. The van der Waals surface area contributed by atoms with Crippen LogP contribution in [0.15, 0.2) is 52.3 Å². The van der Waals surface area contributed by atoms with Crippen molar-refractivity contribution in [2.75, 3.05) is 11.9 Å². The molecule has 25 heavy (non-hydrogen) atoms. The van der Waals surface area contributed by atoms with Gasteiger partial charge < -0.3 is 14.6 Å². The number of hydrogen-bond donors (Lipinski definition) is 1. The average molecular weight is 337 g/mol. The van der Waals surface area contributed by atoms with E-state index in [4.69, 9.17) is 4.42 Å². The smallest absolute Gasteiger partial charge is 0.251 e. The highest BCUT2D eigenvalue weighted by Crippen LogP contribution is 2.32. The summed E-state index contributed by atoms with van der Waals surface area (Å²) in [6, 6.07) is 9.56. The van der Waals surface area contributed by atoms with E-state index in [2.05, 4.69) is 15.4 Å². The van der Waals surface area contributed by atoms with E-state index in [0.717, 1.165) is 28.4 Å². The monoisotopic (exact) mass is 337 g/mol. The molecule has 0 bridgehead atoms. The molecule has 7 heteroatoms. The quantitative estimate of drug-likeness (QED) is 0.795. The zero-order valence-corrected chi connectivity index (χ0v) is 14.4. The Balaban J connectivity index is 1.55. The summed E-state index contributed by atoms with van der Waals surface area (Å²) in [5.74, 6) is 1.34. The second kappa shape index (κ2) is 5.77. The van der Waals surface area contributed by atoms with E-state index in [1.165, 1.54) is 6.33 Å². The van der Waals surface area contributed by atoms with Gasteiger partial charge in [-0.3, -0.25) is 4.79 Å². The first kappa shape index (κ1) is 15.4. The van der Waals surface area contributed by atoms with E-state index in [-0.39, 0.29) is 11.9 Å². The number of rotatable bonds is 3. The molecule has 1 aliphatic heterocycles. The summed E-state index contributed by atoms with van der Waals surface area (Å²) >= 11 is 0. The molecule has 4 rings (SSSR count). The van der Waals surface area contributed by atoms with Crippen LogP contribution < -0.4 is 10.2 Å². The van der Waals surface area contributed by atoms with Gasteiger partial charge in [-0.05, 0) is 26.0 Å². The first-order valence-electron chi connectivity index (χ1n) is 8.16. The molecule has 3 aromatic rings. The maximum atomic E-state index is 12.8. The van der Waals surface area contributed by atoms with Gasteiger partial charge in [0.2, 0.25) is 5.95 Å². The summed E-state index contributed by atoms with van der Waals surface area (Å²) in [5.41, 5.74) is 2.37. The molecule has 0 saturated heterocycles. The van der Waals surface area contributed by atoms with Crippen LogP contribution in [-0.2, 0) is 11.3 Å². The lowest BCUT2D eigenvalue weighted by Gasteiger charge is -2.31. The van der Waals surface area contributed by atoms with Gasteiger partial charge in [0.15, 0.2) is 0 Å². The summed E-state index contributed by atoms with van der Waals surface area (Å²) in [4.78, 5) is 18.9. The van der Waals surface area contributed by atoms with E-state index in [1.807, 2.05) is 56.1 Å². The Kier molecular flexibility index (Phi) is 3.56. The van der Waals surface area contributed by atoms with E-state index < -0.39 is 0 Å². The average Bonchev–Trinajstić information content (AvgIpc) is 3.24. The Morgan fingerprint density at radius 1 is 1.36 bits per heavy atom. The number of nitrogens with zero attached hydrogens (tertiary/aromatic N) is 4. The molecule has 0 saturated carbocycles. The third-order valence-electron chi connectivity index (χ3n) is 4.68.